The summed E-state index contributed by atoms with van der Waals surface area (Å²) in [7, 11) is 5.66. The van der Waals surface area contributed by atoms with Gasteiger partial charge >= 0.3 is 0 Å². The van der Waals surface area contributed by atoms with Crippen LogP contribution < -0.4 is 10.1 Å². The van der Waals surface area contributed by atoms with E-state index in [1.807, 2.05) is 14.1 Å². The van der Waals surface area contributed by atoms with Gasteiger partial charge in [-0.25, -0.2) is 0 Å². The van der Waals surface area contributed by atoms with Gasteiger partial charge in [-0.05, 0) is 55.9 Å². The Hall–Kier alpha value is -2.33. The van der Waals surface area contributed by atoms with Gasteiger partial charge in [0, 0.05) is 12.1 Å². The molecule has 128 valence electrons. The first-order valence-corrected chi connectivity index (χ1v) is 8.22. The van der Waals surface area contributed by atoms with Crippen molar-refractivity contribution in [3.8, 4) is 5.75 Å². The van der Waals surface area contributed by atoms with Gasteiger partial charge in [0.15, 0.2) is 0 Å². The van der Waals surface area contributed by atoms with Crippen molar-refractivity contribution in [3.63, 3.8) is 0 Å². The Morgan fingerprint density at radius 2 is 1.71 bits per heavy atom. The van der Waals surface area contributed by atoms with Crippen LogP contribution in [0.5, 0.6) is 5.75 Å². The zero-order chi connectivity index (χ0) is 17.5. The summed E-state index contributed by atoms with van der Waals surface area (Å²) in [6.07, 6.45) is 1.03. The fourth-order valence-corrected chi connectivity index (χ4v) is 2.61. The monoisotopic (exact) mass is 326 g/mol. The first kappa shape index (κ1) is 18.0. The van der Waals surface area contributed by atoms with Gasteiger partial charge in [-0.15, -0.1) is 0 Å². The highest BCUT2D eigenvalue weighted by atomic mass is 16.5. The molecule has 0 aliphatic heterocycles. The van der Waals surface area contributed by atoms with E-state index < -0.39 is 0 Å². The summed E-state index contributed by atoms with van der Waals surface area (Å²) in [6, 6.07) is 15.9. The van der Waals surface area contributed by atoms with Crippen LogP contribution in [0.1, 0.15) is 34.5 Å². The van der Waals surface area contributed by atoms with Gasteiger partial charge in [-0.2, -0.15) is 0 Å². The average molecular weight is 326 g/mol. The average Bonchev–Trinajstić information content (AvgIpc) is 2.62. The lowest BCUT2D eigenvalue weighted by Gasteiger charge is -2.25. The second-order valence-corrected chi connectivity index (χ2v) is 6.01. The first-order chi connectivity index (χ1) is 11.5. The quantitative estimate of drug-likeness (QED) is 0.849. The molecule has 1 unspecified atom stereocenters. The summed E-state index contributed by atoms with van der Waals surface area (Å²) in [5, 5.41) is 3.02. The predicted molar refractivity (Wildman–Crippen MR) is 97.6 cm³/mol. The number of nitrogens with one attached hydrogen (secondary N) is 1. The van der Waals surface area contributed by atoms with Crippen molar-refractivity contribution in [1.82, 2.24) is 10.2 Å². The number of carbonyl (C=O) groups is 1. The highest BCUT2D eigenvalue weighted by Crippen LogP contribution is 2.19. The molecule has 1 N–H and O–H groups in total. The smallest absolute Gasteiger partial charge is 0.251 e. The third-order valence-corrected chi connectivity index (χ3v) is 4.20. The topological polar surface area (TPSA) is 41.6 Å². The van der Waals surface area contributed by atoms with Crippen LogP contribution in [0.15, 0.2) is 48.5 Å². The van der Waals surface area contributed by atoms with Crippen molar-refractivity contribution in [2.45, 2.75) is 19.4 Å². The number of methoxy groups -OCH3 is 1. The largest absolute Gasteiger partial charge is 0.497 e. The molecule has 4 nitrogen and oxygen atoms in total. The number of rotatable bonds is 7. The van der Waals surface area contributed by atoms with E-state index in [1.165, 1.54) is 11.1 Å². The van der Waals surface area contributed by atoms with Gasteiger partial charge in [0.1, 0.15) is 5.75 Å². The number of nitrogens with zero attached hydrogens (tertiary/aromatic N) is 1. The Labute approximate surface area is 144 Å². The Balaban J connectivity index is 2.03. The zero-order valence-corrected chi connectivity index (χ0v) is 14.9. The van der Waals surface area contributed by atoms with E-state index in [4.69, 9.17) is 4.74 Å². The third kappa shape index (κ3) is 4.59. The number of ether oxygens (including phenoxy) is 1. The fraction of sp³-hybridized carbons (Fsp3) is 0.350. The molecule has 0 spiro atoms. The van der Waals surface area contributed by atoms with Crippen molar-refractivity contribution < 1.29 is 9.53 Å². The molecule has 0 aliphatic rings. The lowest BCUT2D eigenvalue weighted by molar-refractivity contribution is 0.0942. The third-order valence-electron chi connectivity index (χ3n) is 4.20. The number of hydrogen-bond acceptors (Lipinski definition) is 3. The number of aryl methyl sites for hydroxylation is 1. The van der Waals surface area contributed by atoms with Gasteiger partial charge < -0.3 is 15.0 Å². The summed E-state index contributed by atoms with van der Waals surface area (Å²) in [5.41, 5.74) is 3.15. The molecule has 0 radical (unpaired) electrons. The van der Waals surface area contributed by atoms with E-state index in [9.17, 15) is 4.79 Å². The molecule has 0 saturated heterocycles. The van der Waals surface area contributed by atoms with Gasteiger partial charge in [-0.1, -0.05) is 31.2 Å². The molecule has 0 aliphatic carbocycles. The summed E-state index contributed by atoms with van der Waals surface area (Å²) < 4.78 is 5.12. The number of benzene rings is 2. The fourth-order valence-electron chi connectivity index (χ4n) is 2.61. The van der Waals surface area contributed by atoms with Crippen LogP contribution in [0, 0.1) is 0 Å². The Morgan fingerprint density at radius 1 is 1.08 bits per heavy atom. The molecule has 2 aromatic rings. The molecule has 24 heavy (non-hydrogen) atoms. The molecule has 0 aromatic heterocycles. The minimum absolute atomic E-state index is 0.0744. The summed E-state index contributed by atoms with van der Waals surface area (Å²) in [5.74, 6) is 0.670. The van der Waals surface area contributed by atoms with Crippen LogP contribution in [0.4, 0.5) is 0 Å². The Bertz CT molecular complexity index is 648. The Kier molecular flexibility index (Phi) is 6.38. The maximum absolute atomic E-state index is 12.3. The molecular weight excluding hydrogens is 300 g/mol. The maximum Gasteiger partial charge on any atom is 0.251 e. The highest BCUT2D eigenvalue weighted by Gasteiger charge is 2.16. The lowest BCUT2D eigenvalue weighted by Crippen LogP contribution is -2.34. The van der Waals surface area contributed by atoms with Gasteiger partial charge in [0.2, 0.25) is 0 Å². The van der Waals surface area contributed by atoms with Crippen LogP contribution in [0.25, 0.3) is 0 Å². The zero-order valence-electron chi connectivity index (χ0n) is 14.9. The van der Waals surface area contributed by atoms with E-state index in [-0.39, 0.29) is 11.9 Å². The Morgan fingerprint density at radius 3 is 2.21 bits per heavy atom. The first-order valence-electron chi connectivity index (χ1n) is 8.22. The van der Waals surface area contributed by atoms with Crippen LogP contribution >= 0.6 is 0 Å². The van der Waals surface area contributed by atoms with Crippen molar-refractivity contribution in [3.05, 3.63) is 65.2 Å². The summed E-state index contributed by atoms with van der Waals surface area (Å²) in [6.45, 7) is 2.71. The number of likely N-dealkylation sites (N-methyl/N-ethyl adjacent to an activating group) is 1. The van der Waals surface area contributed by atoms with Crippen LogP contribution in [-0.2, 0) is 6.42 Å². The SMILES string of the molecule is CCc1ccc(C(CNC(=O)c2ccc(OC)cc2)N(C)C)cc1. The molecule has 2 rings (SSSR count). The minimum atomic E-state index is -0.0744. The molecule has 0 heterocycles. The van der Waals surface area contributed by atoms with Crippen molar-refractivity contribution >= 4 is 5.91 Å². The standard InChI is InChI=1S/C20H26N2O2/c1-5-15-6-8-16(9-7-15)19(22(2)3)14-21-20(23)17-10-12-18(24-4)13-11-17/h6-13,19H,5,14H2,1-4H3,(H,21,23). The van der Waals surface area contributed by atoms with Crippen molar-refractivity contribution in [1.29, 1.82) is 0 Å². The van der Waals surface area contributed by atoms with Crippen LogP contribution in [0.2, 0.25) is 0 Å². The molecule has 4 heteroatoms. The van der Waals surface area contributed by atoms with Crippen molar-refractivity contribution in [2.24, 2.45) is 0 Å². The van der Waals surface area contributed by atoms with E-state index in [1.54, 1.807) is 31.4 Å². The van der Waals surface area contributed by atoms with Crippen LogP contribution in [-0.4, -0.2) is 38.6 Å². The van der Waals surface area contributed by atoms with E-state index in [0.29, 0.717) is 12.1 Å². The minimum Gasteiger partial charge on any atom is -0.497 e. The molecule has 0 fully saturated rings. The highest BCUT2D eigenvalue weighted by molar-refractivity contribution is 5.94. The van der Waals surface area contributed by atoms with Gasteiger partial charge in [0.25, 0.3) is 5.91 Å². The van der Waals surface area contributed by atoms with E-state index in [2.05, 4.69) is 41.4 Å². The molecule has 1 atom stereocenters. The molecular formula is C20H26N2O2. The lowest BCUT2D eigenvalue weighted by atomic mass is 10.0. The molecule has 0 bridgehead atoms. The summed E-state index contributed by atoms with van der Waals surface area (Å²) >= 11 is 0. The predicted octanol–water partition coefficient (Wildman–Crippen LogP) is 3.29. The normalized spacial score (nSPS) is 12.0. The van der Waals surface area contributed by atoms with Gasteiger partial charge in [-0.3, -0.25) is 4.79 Å². The second-order valence-electron chi connectivity index (χ2n) is 6.01. The van der Waals surface area contributed by atoms with Crippen molar-refractivity contribution in [2.75, 3.05) is 27.7 Å². The molecule has 2 aromatic carbocycles. The maximum atomic E-state index is 12.3. The van der Waals surface area contributed by atoms with E-state index in [0.717, 1.165) is 12.2 Å². The second kappa shape index (κ2) is 8.50. The van der Waals surface area contributed by atoms with Crippen LogP contribution in [0.3, 0.4) is 0 Å². The van der Waals surface area contributed by atoms with Gasteiger partial charge in [0.05, 0.1) is 13.2 Å². The number of amides is 1. The number of carbonyl (C=O) groups excluding carboxylic acids is 1. The summed E-state index contributed by atoms with van der Waals surface area (Å²) in [4.78, 5) is 14.5. The molecule has 0 saturated carbocycles. The van der Waals surface area contributed by atoms with E-state index >= 15 is 0 Å². The molecule has 1 amide bonds. The number of hydrogen-bond donors (Lipinski definition) is 1.